The van der Waals surface area contributed by atoms with Crippen molar-refractivity contribution in [3.8, 4) is 0 Å². The van der Waals surface area contributed by atoms with Crippen molar-refractivity contribution >= 4 is 27.7 Å². The minimum Gasteiger partial charge on any atom is -0.356 e. The molecule has 1 aromatic rings. The van der Waals surface area contributed by atoms with Crippen molar-refractivity contribution in [1.82, 2.24) is 9.97 Å². The molecule has 0 fully saturated rings. The number of hydrogen-bond donors (Lipinski definition) is 2. The topological polar surface area (TPSA) is 67.1 Å². The molecule has 0 amide bonds. The third kappa shape index (κ3) is 3.81. The fraction of sp³-hybridized carbons (Fsp3) is 0.636. The first-order valence-corrected chi connectivity index (χ1v) is 6.65. The molecule has 6 heteroatoms. The Labute approximate surface area is 111 Å². The highest BCUT2D eigenvalue weighted by Crippen LogP contribution is 2.25. The van der Waals surface area contributed by atoms with E-state index in [0.717, 1.165) is 29.8 Å². The van der Waals surface area contributed by atoms with E-state index in [4.69, 9.17) is 5.84 Å². The number of nitrogens with two attached hydrogens (primary N) is 1. The second kappa shape index (κ2) is 6.76. The summed E-state index contributed by atoms with van der Waals surface area (Å²) in [6.07, 6.45) is 2.87. The van der Waals surface area contributed by atoms with Crippen LogP contribution in [0.2, 0.25) is 0 Å². The van der Waals surface area contributed by atoms with Crippen LogP contribution in [0.1, 0.15) is 27.2 Å². The fourth-order valence-electron chi connectivity index (χ4n) is 1.52. The average Bonchev–Trinajstić information content (AvgIpc) is 2.36. The van der Waals surface area contributed by atoms with Crippen LogP contribution in [0.5, 0.6) is 0 Å². The van der Waals surface area contributed by atoms with Crippen LogP contribution in [-0.2, 0) is 0 Å². The van der Waals surface area contributed by atoms with Crippen molar-refractivity contribution in [1.29, 1.82) is 0 Å². The van der Waals surface area contributed by atoms with Gasteiger partial charge >= 0.3 is 0 Å². The van der Waals surface area contributed by atoms with Crippen molar-refractivity contribution < 1.29 is 0 Å². The van der Waals surface area contributed by atoms with Crippen LogP contribution in [0, 0.1) is 5.92 Å². The number of aromatic nitrogens is 2. The number of nitrogen functional groups attached to an aromatic ring is 1. The molecule has 0 aliphatic heterocycles. The van der Waals surface area contributed by atoms with Gasteiger partial charge in [0.2, 0.25) is 5.95 Å². The van der Waals surface area contributed by atoms with Gasteiger partial charge in [-0.15, -0.1) is 0 Å². The molecule has 1 atom stereocenters. The molecule has 0 spiro atoms. The molecular weight excluding hydrogens is 282 g/mol. The highest BCUT2D eigenvalue weighted by molar-refractivity contribution is 9.10. The number of anilines is 2. The third-order valence-electron chi connectivity index (χ3n) is 2.76. The minimum absolute atomic E-state index is 0.436. The number of rotatable bonds is 6. The Balaban J connectivity index is 2.93. The van der Waals surface area contributed by atoms with Gasteiger partial charge in [0.15, 0.2) is 0 Å². The summed E-state index contributed by atoms with van der Waals surface area (Å²) in [6, 6.07) is 0. The van der Waals surface area contributed by atoms with Gasteiger partial charge in [-0.05, 0) is 28.8 Å². The lowest BCUT2D eigenvalue weighted by molar-refractivity contribution is 0.545. The van der Waals surface area contributed by atoms with E-state index >= 15 is 0 Å². The molecule has 1 unspecified atom stereocenters. The lowest BCUT2D eigenvalue weighted by atomic mass is 10.1. The van der Waals surface area contributed by atoms with E-state index in [0.29, 0.717) is 11.9 Å². The molecule has 1 rings (SSSR count). The summed E-state index contributed by atoms with van der Waals surface area (Å²) in [5.74, 6) is 7.28. The van der Waals surface area contributed by atoms with E-state index in [1.165, 1.54) is 0 Å². The SMILES string of the molecule is CCC(C)CN(CC)c1nc(NN)ncc1Br. The molecule has 0 radical (unpaired) electrons. The Bertz CT molecular complexity index is 358. The molecule has 0 aliphatic carbocycles. The zero-order valence-electron chi connectivity index (χ0n) is 10.6. The Hall–Kier alpha value is -0.880. The van der Waals surface area contributed by atoms with Gasteiger partial charge in [-0.2, -0.15) is 4.98 Å². The summed E-state index contributed by atoms with van der Waals surface area (Å²) in [5, 5.41) is 0. The fourth-order valence-corrected chi connectivity index (χ4v) is 1.96. The predicted molar refractivity (Wildman–Crippen MR) is 74.9 cm³/mol. The molecule has 0 aliphatic rings. The summed E-state index contributed by atoms with van der Waals surface area (Å²) in [7, 11) is 0. The molecular formula is C11H20BrN5. The molecule has 0 saturated carbocycles. The summed E-state index contributed by atoms with van der Waals surface area (Å²) < 4.78 is 0.890. The van der Waals surface area contributed by atoms with Crippen molar-refractivity contribution in [2.24, 2.45) is 11.8 Å². The highest BCUT2D eigenvalue weighted by atomic mass is 79.9. The van der Waals surface area contributed by atoms with Crippen molar-refractivity contribution in [3.05, 3.63) is 10.7 Å². The molecule has 1 aromatic heterocycles. The van der Waals surface area contributed by atoms with Gasteiger partial charge in [0.25, 0.3) is 0 Å². The number of hydrogen-bond acceptors (Lipinski definition) is 5. The first-order chi connectivity index (χ1) is 8.12. The smallest absolute Gasteiger partial charge is 0.239 e. The van der Waals surface area contributed by atoms with E-state index in [1.54, 1.807) is 6.20 Å². The van der Waals surface area contributed by atoms with Crippen molar-refractivity contribution in [3.63, 3.8) is 0 Å². The second-order valence-corrected chi connectivity index (χ2v) is 4.92. The standard InChI is InChI=1S/C11H20BrN5/c1-4-8(3)7-17(5-2)10-9(12)6-14-11(15-10)16-13/h6,8H,4-5,7,13H2,1-3H3,(H,14,15,16). The zero-order chi connectivity index (χ0) is 12.8. The molecule has 1 heterocycles. The van der Waals surface area contributed by atoms with Gasteiger partial charge in [-0.1, -0.05) is 20.3 Å². The Kier molecular flexibility index (Phi) is 5.64. The first-order valence-electron chi connectivity index (χ1n) is 5.86. The summed E-state index contributed by atoms with van der Waals surface area (Å²) >= 11 is 3.48. The lowest BCUT2D eigenvalue weighted by Gasteiger charge is -2.26. The van der Waals surface area contributed by atoms with E-state index in [1.807, 2.05) is 0 Å². The average molecular weight is 302 g/mol. The third-order valence-corrected chi connectivity index (χ3v) is 3.32. The molecule has 5 nitrogen and oxygen atoms in total. The Morgan fingerprint density at radius 3 is 2.76 bits per heavy atom. The van der Waals surface area contributed by atoms with Crippen molar-refractivity contribution in [2.75, 3.05) is 23.4 Å². The van der Waals surface area contributed by atoms with Crippen LogP contribution in [0.15, 0.2) is 10.7 Å². The maximum atomic E-state index is 5.33. The molecule has 17 heavy (non-hydrogen) atoms. The van der Waals surface area contributed by atoms with Crippen molar-refractivity contribution in [2.45, 2.75) is 27.2 Å². The van der Waals surface area contributed by atoms with Crippen LogP contribution in [0.25, 0.3) is 0 Å². The van der Waals surface area contributed by atoms with Gasteiger partial charge in [-0.25, -0.2) is 10.8 Å². The van der Waals surface area contributed by atoms with Crippen LogP contribution in [-0.4, -0.2) is 23.1 Å². The molecule has 0 aromatic carbocycles. The predicted octanol–water partition coefficient (Wildman–Crippen LogP) is 2.40. The highest BCUT2D eigenvalue weighted by Gasteiger charge is 2.14. The van der Waals surface area contributed by atoms with Crippen LogP contribution < -0.4 is 16.2 Å². The largest absolute Gasteiger partial charge is 0.356 e. The van der Waals surface area contributed by atoms with E-state index in [-0.39, 0.29) is 0 Å². The number of hydrazine groups is 1. The molecule has 0 saturated heterocycles. The van der Waals surface area contributed by atoms with Gasteiger partial charge in [0, 0.05) is 19.3 Å². The summed E-state index contributed by atoms with van der Waals surface area (Å²) in [5.41, 5.74) is 2.47. The minimum atomic E-state index is 0.436. The van der Waals surface area contributed by atoms with Gasteiger partial charge in [-0.3, -0.25) is 5.43 Å². The monoisotopic (exact) mass is 301 g/mol. The van der Waals surface area contributed by atoms with Crippen LogP contribution in [0.3, 0.4) is 0 Å². The second-order valence-electron chi connectivity index (χ2n) is 4.06. The van der Waals surface area contributed by atoms with Gasteiger partial charge in [0.05, 0.1) is 4.47 Å². The van der Waals surface area contributed by atoms with Gasteiger partial charge in [0.1, 0.15) is 5.82 Å². The van der Waals surface area contributed by atoms with Gasteiger partial charge < -0.3 is 4.90 Å². The van der Waals surface area contributed by atoms with Crippen LogP contribution in [0.4, 0.5) is 11.8 Å². The van der Waals surface area contributed by atoms with E-state index < -0.39 is 0 Å². The number of nitrogens with one attached hydrogen (secondary N) is 1. The normalized spacial score (nSPS) is 12.3. The maximum absolute atomic E-state index is 5.33. The quantitative estimate of drug-likeness (QED) is 0.624. The summed E-state index contributed by atoms with van der Waals surface area (Å²) in [6.45, 7) is 8.43. The molecule has 3 N–H and O–H groups in total. The van der Waals surface area contributed by atoms with E-state index in [2.05, 4.69) is 57.0 Å². The Morgan fingerprint density at radius 2 is 2.24 bits per heavy atom. The Morgan fingerprint density at radius 1 is 1.53 bits per heavy atom. The number of halogens is 1. The van der Waals surface area contributed by atoms with Crippen LogP contribution >= 0.6 is 15.9 Å². The molecule has 96 valence electrons. The van der Waals surface area contributed by atoms with E-state index in [9.17, 15) is 0 Å². The molecule has 0 bridgehead atoms. The summed E-state index contributed by atoms with van der Waals surface area (Å²) in [4.78, 5) is 10.7. The maximum Gasteiger partial charge on any atom is 0.239 e. The first kappa shape index (κ1) is 14.2. The number of nitrogens with zero attached hydrogens (tertiary/aromatic N) is 3. The lowest BCUT2D eigenvalue weighted by Crippen LogP contribution is -2.29. The zero-order valence-corrected chi connectivity index (χ0v) is 12.2.